The summed E-state index contributed by atoms with van der Waals surface area (Å²) in [5.41, 5.74) is 0. The highest BCUT2D eigenvalue weighted by atomic mass is 16.2. The number of likely N-dealkylation sites (tertiary alicyclic amines) is 2. The number of carbonyl (C=O) groups excluding carboxylic acids is 2. The molecule has 5 heteroatoms. The van der Waals surface area contributed by atoms with Gasteiger partial charge in [-0.05, 0) is 51.0 Å². The Labute approximate surface area is 127 Å². The molecule has 3 aliphatic heterocycles. The van der Waals surface area contributed by atoms with E-state index in [2.05, 4.69) is 5.32 Å². The van der Waals surface area contributed by atoms with E-state index in [-0.39, 0.29) is 6.04 Å². The van der Waals surface area contributed by atoms with Gasteiger partial charge in [0.15, 0.2) is 0 Å². The van der Waals surface area contributed by atoms with Crippen molar-refractivity contribution < 1.29 is 9.59 Å². The van der Waals surface area contributed by atoms with Crippen molar-refractivity contribution in [2.45, 2.75) is 51.0 Å². The minimum absolute atomic E-state index is 0.0604. The summed E-state index contributed by atoms with van der Waals surface area (Å²) < 4.78 is 0. The Bertz CT molecular complexity index is 385. The van der Waals surface area contributed by atoms with E-state index in [1.807, 2.05) is 9.80 Å². The van der Waals surface area contributed by atoms with E-state index in [1.54, 1.807) is 0 Å². The summed E-state index contributed by atoms with van der Waals surface area (Å²) in [4.78, 5) is 28.3. The van der Waals surface area contributed by atoms with Gasteiger partial charge in [-0.2, -0.15) is 0 Å². The fraction of sp³-hybridized carbons (Fsp3) is 0.875. The van der Waals surface area contributed by atoms with E-state index >= 15 is 0 Å². The molecule has 3 saturated heterocycles. The van der Waals surface area contributed by atoms with E-state index in [1.165, 1.54) is 0 Å². The number of piperidine rings is 2. The summed E-state index contributed by atoms with van der Waals surface area (Å²) in [5.74, 6) is 1.20. The molecule has 5 nitrogen and oxygen atoms in total. The van der Waals surface area contributed by atoms with Crippen LogP contribution in [-0.2, 0) is 9.59 Å². The third-order valence-electron chi connectivity index (χ3n) is 5.18. The lowest BCUT2D eigenvalue weighted by molar-refractivity contribution is -0.137. The molecule has 1 N–H and O–H groups in total. The van der Waals surface area contributed by atoms with Crippen molar-refractivity contribution in [1.29, 1.82) is 0 Å². The van der Waals surface area contributed by atoms with Gasteiger partial charge in [-0.25, -0.2) is 0 Å². The second kappa shape index (κ2) is 6.77. The van der Waals surface area contributed by atoms with Crippen LogP contribution in [0.25, 0.3) is 0 Å². The lowest BCUT2D eigenvalue weighted by atomic mass is 9.94. The predicted molar refractivity (Wildman–Crippen MR) is 80.8 cm³/mol. The van der Waals surface area contributed by atoms with Crippen molar-refractivity contribution in [3.8, 4) is 0 Å². The molecule has 3 fully saturated rings. The Hall–Kier alpha value is -1.10. The first kappa shape index (κ1) is 14.8. The number of hydrogen-bond donors (Lipinski definition) is 1. The van der Waals surface area contributed by atoms with Gasteiger partial charge in [-0.15, -0.1) is 0 Å². The molecule has 0 bridgehead atoms. The first-order valence-electron chi connectivity index (χ1n) is 8.54. The average Bonchev–Trinajstić information content (AvgIpc) is 3.04. The van der Waals surface area contributed by atoms with Crippen LogP contribution in [0.2, 0.25) is 0 Å². The molecule has 3 rings (SSSR count). The van der Waals surface area contributed by atoms with Crippen LogP contribution in [0.4, 0.5) is 0 Å². The lowest BCUT2D eigenvalue weighted by Gasteiger charge is -2.37. The molecule has 0 aromatic heterocycles. The Morgan fingerprint density at radius 2 is 1.90 bits per heavy atom. The molecule has 0 aliphatic carbocycles. The second-order valence-corrected chi connectivity index (χ2v) is 6.71. The van der Waals surface area contributed by atoms with Crippen LogP contribution in [0.5, 0.6) is 0 Å². The quantitative estimate of drug-likeness (QED) is 0.844. The average molecular weight is 293 g/mol. The molecule has 0 spiro atoms. The van der Waals surface area contributed by atoms with Gasteiger partial charge in [0.25, 0.3) is 0 Å². The third-order valence-corrected chi connectivity index (χ3v) is 5.18. The van der Waals surface area contributed by atoms with Crippen molar-refractivity contribution in [3.63, 3.8) is 0 Å². The van der Waals surface area contributed by atoms with Crippen LogP contribution in [0, 0.1) is 5.92 Å². The highest BCUT2D eigenvalue weighted by molar-refractivity contribution is 5.82. The molecule has 2 amide bonds. The summed E-state index contributed by atoms with van der Waals surface area (Å²) in [7, 11) is 0. The lowest BCUT2D eigenvalue weighted by Crippen LogP contribution is -2.48. The van der Waals surface area contributed by atoms with Crippen molar-refractivity contribution in [3.05, 3.63) is 0 Å². The van der Waals surface area contributed by atoms with Gasteiger partial charge >= 0.3 is 0 Å². The zero-order valence-corrected chi connectivity index (χ0v) is 12.9. The fourth-order valence-corrected chi connectivity index (χ4v) is 3.82. The molecule has 3 heterocycles. The van der Waals surface area contributed by atoms with E-state index in [0.717, 1.165) is 77.7 Å². The van der Waals surface area contributed by atoms with E-state index in [0.29, 0.717) is 17.7 Å². The maximum atomic E-state index is 12.3. The highest BCUT2D eigenvalue weighted by Gasteiger charge is 2.31. The molecule has 1 atom stereocenters. The highest BCUT2D eigenvalue weighted by Crippen LogP contribution is 2.22. The van der Waals surface area contributed by atoms with Crippen LogP contribution in [0.3, 0.4) is 0 Å². The molecule has 0 aromatic carbocycles. The van der Waals surface area contributed by atoms with Crippen molar-refractivity contribution in [2.75, 3.05) is 32.7 Å². The molecule has 0 saturated carbocycles. The molecule has 1 unspecified atom stereocenters. The Morgan fingerprint density at radius 1 is 1.10 bits per heavy atom. The van der Waals surface area contributed by atoms with Crippen LogP contribution < -0.4 is 5.32 Å². The van der Waals surface area contributed by atoms with Crippen molar-refractivity contribution in [2.24, 2.45) is 5.92 Å². The molecule has 21 heavy (non-hydrogen) atoms. The van der Waals surface area contributed by atoms with Gasteiger partial charge < -0.3 is 15.1 Å². The number of carbonyl (C=O) groups is 2. The van der Waals surface area contributed by atoms with E-state index in [9.17, 15) is 9.59 Å². The first-order chi connectivity index (χ1) is 10.2. The molecule has 3 aliphatic rings. The second-order valence-electron chi connectivity index (χ2n) is 6.71. The number of hydrogen-bond acceptors (Lipinski definition) is 3. The number of amides is 2. The molecule has 118 valence electrons. The van der Waals surface area contributed by atoms with Crippen LogP contribution >= 0.6 is 0 Å². The van der Waals surface area contributed by atoms with Gasteiger partial charge in [0.2, 0.25) is 11.8 Å². The predicted octanol–water partition coefficient (Wildman–Crippen LogP) is 0.989. The number of nitrogens with zero attached hydrogens (tertiary/aromatic N) is 2. The summed E-state index contributed by atoms with van der Waals surface area (Å²) >= 11 is 0. The minimum atomic E-state index is 0.0604. The van der Waals surface area contributed by atoms with Gasteiger partial charge in [-0.3, -0.25) is 9.59 Å². The third kappa shape index (κ3) is 3.57. The Balaban J connectivity index is 1.44. The normalized spacial score (nSPS) is 28.2. The Morgan fingerprint density at radius 3 is 2.57 bits per heavy atom. The van der Waals surface area contributed by atoms with Crippen LogP contribution in [-0.4, -0.2) is 60.4 Å². The van der Waals surface area contributed by atoms with Gasteiger partial charge in [0, 0.05) is 32.6 Å². The molecular formula is C16H27N3O2. The number of nitrogens with one attached hydrogen (secondary N) is 1. The van der Waals surface area contributed by atoms with Gasteiger partial charge in [0.05, 0.1) is 6.04 Å². The topological polar surface area (TPSA) is 52.7 Å². The van der Waals surface area contributed by atoms with E-state index in [4.69, 9.17) is 0 Å². The monoisotopic (exact) mass is 293 g/mol. The summed E-state index contributed by atoms with van der Waals surface area (Å²) in [6.07, 6.45) is 7.12. The summed E-state index contributed by atoms with van der Waals surface area (Å²) in [6, 6.07) is 0.0604. The van der Waals surface area contributed by atoms with Crippen LogP contribution in [0.1, 0.15) is 44.9 Å². The minimum Gasteiger partial charge on any atom is -0.342 e. The standard InChI is InChI=1S/C16H27N3O2/c20-15-5-1-2-9-19(15)12-13-6-10-18(11-7-13)16(21)14-4-3-8-17-14/h13-14,17H,1-12H2. The Kier molecular flexibility index (Phi) is 4.78. The zero-order valence-electron chi connectivity index (χ0n) is 12.9. The number of rotatable bonds is 3. The summed E-state index contributed by atoms with van der Waals surface area (Å²) in [5, 5.41) is 3.29. The maximum Gasteiger partial charge on any atom is 0.239 e. The maximum absolute atomic E-state index is 12.3. The molecule has 0 radical (unpaired) electrons. The fourth-order valence-electron chi connectivity index (χ4n) is 3.82. The SMILES string of the molecule is O=C1CCCCN1CC1CCN(C(=O)C2CCCN2)CC1. The van der Waals surface area contributed by atoms with Crippen LogP contribution in [0.15, 0.2) is 0 Å². The molecule has 0 aromatic rings. The van der Waals surface area contributed by atoms with E-state index < -0.39 is 0 Å². The summed E-state index contributed by atoms with van der Waals surface area (Å²) in [6.45, 7) is 4.55. The van der Waals surface area contributed by atoms with Gasteiger partial charge in [0.1, 0.15) is 0 Å². The van der Waals surface area contributed by atoms with Crippen molar-refractivity contribution >= 4 is 11.8 Å². The van der Waals surface area contributed by atoms with Crippen molar-refractivity contribution in [1.82, 2.24) is 15.1 Å². The smallest absolute Gasteiger partial charge is 0.239 e. The largest absolute Gasteiger partial charge is 0.342 e. The molecular weight excluding hydrogens is 266 g/mol. The first-order valence-corrected chi connectivity index (χ1v) is 8.54. The van der Waals surface area contributed by atoms with Gasteiger partial charge in [-0.1, -0.05) is 0 Å². The zero-order chi connectivity index (χ0) is 14.7.